The lowest BCUT2D eigenvalue weighted by Gasteiger charge is -2.09. The second-order valence-electron chi connectivity index (χ2n) is 3.74. The first-order chi connectivity index (χ1) is 8.13. The van der Waals surface area contributed by atoms with Gasteiger partial charge in [0.15, 0.2) is 6.10 Å². The highest BCUT2D eigenvalue weighted by Crippen LogP contribution is 2.20. The van der Waals surface area contributed by atoms with Crippen LogP contribution in [0.3, 0.4) is 0 Å². The molecular weight excluding hydrogens is 220 g/mol. The molecule has 0 bridgehead atoms. The standard InChI is InChI=1S/C12H14N2O3/c1-3-17-12(16)11(15)8-4-5-10-9(6-8)7-13-14(10)2/h4-7,11,15H,3H2,1-2H3. The molecule has 90 valence electrons. The molecule has 1 heterocycles. The summed E-state index contributed by atoms with van der Waals surface area (Å²) in [6.45, 7) is 1.96. The number of aromatic nitrogens is 2. The van der Waals surface area contributed by atoms with E-state index in [-0.39, 0.29) is 6.61 Å². The summed E-state index contributed by atoms with van der Waals surface area (Å²) in [6, 6.07) is 5.26. The van der Waals surface area contributed by atoms with Gasteiger partial charge in [-0.25, -0.2) is 4.79 Å². The Hall–Kier alpha value is -1.88. The van der Waals surface area contributed by atoms with E-state index >= 15 is 0 Å². The minimum absolute atomic E-state index is 0.255. The molecule has 5 nitrogen and oxygen atoms in total. The molecule has 0 aliphatic carbocycles. The Morgan fingerprint density at radius 3 is 3.06 bits per heavy atom. The normalized spacial score (nSPS) is 12.6. The highest BCUT2D eigenvalue weighted by molar-refractivity contribution is 5.82. The summed E-state index contributed by atoms with van der Waals surface area (Å²) in [7, 11) is 1.84. The molecule has 1 unspecified atom stereocenters. The number of rotatable bonds is 3. The Bertz CT molecular complexity index is 548. The van der Waals surface area contributed by atoms with E-state index in [1.54, 1.807) is 29.9 Å². The average Bonchev–Trinajstić information content (AvgIpc) is 2.70. The SMILES string of the molecule is CCOC(=O)C(O)c1ccc2c(cnn2C)c1. The molecule has 1 atom stereocenters. The second kappa shape index (κ2) is 4.55. The van der Waals surface area contributed by atoms with Crippen LogP contribution in [-0.4, -0.2) is 27.5 Å². The molecule has 1 aromatic heterocycles. The van der Waals surface area contributed by atoms with Crippen molar-refractivity contribution in [2.75, 3.05) is 6.61 Å². The number of carbonyl (C=O) groups excluding carboxylic acids is 1. The lowest BCUT2D eigenvalue weighted by Crippen LogP contribution is -2.15. The number of nitrogens with zero attached hydrogens (tertiary/aromatic N) is 2. The summed E-state index contributed by atoms with van der Waals surface area (Å²) in [6.07, 6.45) is 0.455. The molecular formula is C12H14N2O3. The van der Waals surface area contributed by atoms with Crippen LogP contribution in [0.25, 0.3) is 10.9 Å². The third kappa shape index (κ3) is 2.14. The highest BCUT2D eigenvalue weighted by Gasteiger charge is 2.19. The zero-order valence-electron chi connectivity index (χ0n) is 9.75. The van der Waals surface area contributed by atoms with Crippen LogP contribution in [0, 0.1) is 0 Å². The van der Waals surface area contributed by atoms with Gasteiger partial charge in [-0.05, 0) is 24.6 Å². The van der Waals surface area contributed by atoms with E-state index in [9.17, 15) is 9.90 Å². The molecule has 17 heavy (non-hydrogen) atoms. The fourth-order valence-corrected chi connectivity index (χ4v) is 1.71. The minimum Gasteiger partial charge on any atom is -0.464 e. The van der Waals surface area contributed by atoms with E-state index in [4.69, 9.17) is 4.74 Å². The van der Waals surface area contributed by atoms with Crippen LogP contribution in [0.5, 0.6) is 0 Å². The number of benzene rings is 1. The van der Waals surface area contributed by atoms with Gasteiger partial charge in [-0.2, -0.15) is 5.10 Å². The summed E-state index contributed by atoms with van der Waals surface area (Å²) >= 11 is 0. The Balaban J connectivity index is 2.33. The van der Waals surface area contributed by atoms with Crippen molar-refractivity contribution in [3.63, 3.8) is 0 Å². The van der Waals surface area contributed by atoms with Crippen LogP contribution in [0.4, 0.5) is 0 Å². The molecule has 1 aromatic carbocycles. The molecule has 0 amide bonds. The quantitative estimate of drug-likeness (QED) is 0.810. The number of aliphatic hydroxyl groups is 1. The Labute approximate surface area is 98.6 Å². The maximum absolute atomic E-state index is 11.4. The van der Waals surface area contributed by atoms with Crippen LogP contribution in [-0.2, 0) is 16.6 Å². The van der Waals surface area contributed by atoms with Crippen molar-refractivity contribution >= 4 is 16.9 Å². The number of hydrogen-bond acceptors (Lipinski definition) is 4. The Kier molecular flexibility index (Phi) is 3.10. The predicted octanol–water partition coefficient (Wildman–Crippen LogP) is 1.17. The van der Waals surface area contributed by atoms with Crippen LogP contribution in [0.1, 0.15) is 18.6 Å². The van der Waals surface area contributed by atoms with E-state index in [0.29, 0.717) is 5.56 Å². The van der Waals surface area contributed by atoms with E-state index in [1.807, 2.05) is 13.1 Å². The van der Waals surface area contributed by atoms with Crippen LogP contribution < -0.4 is 0 Å². The minimum atomic E-state index is -1.24. The zero-order chi connectivity index (χ0) is 12.4. The number of fused-ring (bicyclic) bond motifs is 1. The molecule has 0 saturated heterocycles. The number of ether oxygens (including phenoxy) is 1. The Morgan fingerprint density at radius 2 is 2.35 bits per heavy atom. The van der Waals surface area contributed by atoms with E-state index in [1.165, 1.54) is 0 Å². The van der Waals surface area contributed by atoms with Gasteiger partial charge in [-0.15, -0.1) is 0 Å². The number of aryl methyl sites for hydroxylation is 1. The van der Waals surface area contributed by atoms with E-state index < -0.39 is 12.1 Å². The van der Waals surface area contributed by atoms with Gasteiger partial charge in [0, 0.05) is 12.4 Å². The van der Waals surface area contributed by atoms with Crippen molar-refractivity contribution in [1.82, 2.24) is 9.78 Å². The molecule has 0 radical (unpaired) electrons. The summed E-state index contributed by atoms with van der Waals surface area (Å²) < 4.78 is 6.50. The van der Waals surface area contributed by atoms with Crippen LogP contribution in [0.15, 0.2) is 24.4 Å². The van der Waals surface area contributed by atoms with Gasteiger partial charge < -0.3 is 9.84 Å². The molecule has 0 saturated carbocycles. The average molecular weight is 234 g/mol. The van der Waals surface area contributed by atoms with Gasteiger partial charge in [-0.3, -0.25) is 4.68 Å². The van der Waals surface area contributed by atoms with Crippen molar-refractivity contribution in [2.24, 2.45) is 7.05 Å². The largest absolute Gasteiger partial charge is 0.464 e. The number of esters is 1. The first-order valence-electron chi connectivity index (χ1n) is 5.40. The molecule has 2 rings (SSSR count). The molecule has 5 heteroatoms. The van der Waals surface area contributed by atoms with Crippen molar-refractivity contribution in [2.45, 2.75) is 13.0 Å². The maximum atomic E-state index is 11.4. The van der Waals surface area contributed by atoms with E-state index in [2.05, 4.69) is 5.10 Å². The second-order valence-corrected chi connectivity index (χ2v) is 3.74. The topological polar surface area (TPSA) is 64.3 Å². The summed E-state index contributed by atoms with van der Waals surface area (Å²) in [4.78, 5) is 11.4. The smallest absolute Gasteiger partial charge is 0.339 e. The van der Waals surface area contributed by atoms with Crippen molar-refractivity contribution in [3.05, 3.63) is 30.0 Å². The van der Waals surface area contributed by atoms with Crippen LogP contribution >= 0.6 is 0 Å². The first kappa shape index (κ1) is 11.6. The van der Waals surface area contributed by atoms with E-state index in [0.717, 1.165) is 10.9 Å². The van der Waals surface area contributed by atoms with Crippen molar-refractivity contribution in [3.8, 4) is 0 Å². The molecule has 0 aliphatic heterocycles. The highest BCUT2D eigenvalue weighted by atomic mass is 16.5. The number of carbonyl (C=O) groups is 1. The van der Waals surface area contributed by atoms with Crippen LogP contribution in [0.2, 0.25) is 0 Å². The predicted molar refractivity (Wildman–Crippen MR) is 62.3 cm³/mol. The monoisotopic (exact) mass is 234 g/mol. The van der Waals surface area contributed by atoms with Gasteiger partial charge in [0.2, 0.25) is 0 Å². The Morgan fingerprint density at radius 1 is 1.59 bits per heavy atom. The fraction of sp³-hybridized carbons (Fsp3) is 0.333. The lowest BCUT2D eigenvalue weighted by molar-refractivity contribution is -0.153. The molecule has 1 N–H and O–H groups in total. The molecule has 2 aromatic rings. The maximum Gasteiger partial charge on any atom is 0.339 e. The summed E-state index contributed by atoms with van der Waals surface area (Å²) in [5.41, 5.74) is 1.47. The third-order valence-corrected chi connectivity index (χ3v) is 2.60. The fourth-order valence-electron chi connectivity index (χ4n) is 1.71. The zero-order valence-corrected chi connectivity index (χ0v) is 9.75. The lowest BCUT2D eigenvalue weighted by atomic mass is 10.1. The molecule has 0 fully saturated rings. The molecule has 0 aliphatic rings. The number of aliphatic hydroxyl groups excluding tert-OH is 1. The number of hydrogen-bond donors (Lipinski definition) is 1. The first-order valence-corrected chi connectivity index (χ1v) is 5.40. The van der Waals surface area contributed by atoms with Gasteiger partial charge >= 0.3 is 5.97 Å². The molecule has 0 spiro atoms. The van der Waals surface area contributed by atoms with Gasteiger partial charge in [0.25, 0.3) is 0 Å². The van der Waals surface area contributed by atoms with Gasteiger partial charge in [0.1, 0.15) is 0 Å². The van der Waals surface area contributed by atoms with Crippen molar-refractivity contribution < 1.29 is 14.6 Å². The summed E-state index contributed by atoms with van der Waals surface area (Å²) in [5, 5.41) is 14.8. The van der Waals surface area contributed by atoms with Gasteiger partial charge in [-0.1, -0.05) is 6.07 Å². The third-order valence-electron chi connectivity index (χ3n) is 2.60. The van der Waals surface area contributed by atoms with Gasteiger partial charge in [0.05, 0.1) is 18.3 Å². The van der Waals surface area contributed by atoms with Crippen molar-refractivity contribution in [1.29, 1.82) is 0 Å². The summed E-state index contributed by atoms with van der Waals surface area (Å²) in [5.74, 6) is -0.629.